The first kappa shape index (κ1) is 11.5. The van der Waals surface area contributed by atoms with E-state index in [1.54, 1.807) is 0 Å². The highest BCUT2D eigenvalue weighted by Crippen LogP contribution is 2.32. The van der Waals surface area contributed by atoms with E-state index in [1.807, 2.05) is 29.7 Å². The number of benzene rings is 1. The number of amides is 1. The Morgan fingerprint density at radius 2 is 2.19 bits per heavy atom. The van der Waals surface area contributed by atoms with E-state index in [-0.39, 0.29) is 5.91 Å². The summed E-state index contributed by atoms with van der Waals surface area (Å²) in [4.78, 5) is 13.7. The molecule has 2 nitrogen and oxygen atoms in total. The fourth-order valence-corrected chi connectivity index (χ4v) is 3.21. The Kier molecular flexibility index (Phi) is 3.88. The van der Waals surface area contributed by atoms with Gasteiger partial charge in [0, 0.05) is 30.5 Å². The molecule has 0 bridgehead atoms. The van der Waals surface area contributed by atoms with E-state index < -0.39 is 0 Å². The lowest BCUT2D eigenvalue weighted by Gasteiger charge is -2.32. The van der Waals surface area contributed by atoms with Crippen LogP contribution < -0.4 is 0 Å². The number of thioether (sulfide) groups is 1. The van der Waals surface area contributed by atoms with E-state index >= 15 is 0 Å². The molecule has 1 amide bonds. The minimum Gasteiger partial charge on any atom is -0.340 e. The minimum absolute atomic E-state index is 0.279. The number of carbonyl (C=O) groups excluding carboxylic acids is 1. The van der Waals surface area contributed by atoms with Crippen molar-refractivity contribution in [1.82, 2.24) is 4.90 Å². The van der Waals surface area contributed by atoms with Gasteiger partial charge in [0.1, 0.15) is 0 Å². The second kappa shape index (κ2) is 5.39. The van der Waals surface area contributed by atoms with Crippen LogP contribution >= 0.6 is 11.8 Å². The van der Waals surface area contributed by atoms with Gasteiger partial charge in [-0.25, -0.2) is 0 Å². The lowest BCUT2D eigenvalue weighted by atomic mass is 10.1. The maximum atomic E-state index is 11.7. The van der Waals surface area contributed by atoms with E-state index in [0.717, 1.165) is 18.8 Å². The van der Waals surface area contributed by atoms with Gasteiger partial charge < -0.3 is 4.90 Å². The van der Waals surface area contributed by atoms with Crippen molar-refractivity contribution in [3.05, 3.63) is 35.9 Å². The summed E-state index contributed by atoms with van der Waals surface area (Å²) >= 11 is 1.95. The lowest BCUT2D eigenvalue weighted by Crippen LogP contribution is -2.38. The highest BCUT2D eigenvalue weighted by atomic mass is 32.2. The monoisotopic (exact) mass is 235 g/mol. The van der Waals surface area contributed by atoms with E-state index in [1.165, 1.54) is 5.56 Å². The normalized spacial score (nSPS) is 20.8. The molecule has 0 aromatic heterocycles. The Labute approximate surface area is 101 Å². The van der Waals surface area contributed by atoms with Crippen LogP contribution in [0.4, 0.5) is 0 Å². The van der Waals surface area contributed by atoms with Gasteiger partial charge in [0.2, 0.25) is 5.91 Å². The Balaban J connectivity index is 2.05. The molecule has 0 N–H and O–H groups in total. The van der Waals surface area contributed by atoms with Crippen LogP contribution in [0.5, 0.6) is 0 Å². The summed E-state index contributed by atoms with van der Waals surface area (Å²) in [5.74, 6) is 1.33. The largest absolute Gasteiger partial charge is 0.340 e. The number of nitrogens with zero attached hydrogens (tertiary/aromatic N) is 1. The van der Waals surface area contributed by atoms with Crippen LogP contribution in [0.25, 0.3) is 0 Å². The summed E-state index contributed by atoms with van der Waals surface area (Å²) in [6.07, 6.45) is 0.617. The SMILES string of the molecule is CCC(=O)N1CCSC(c2ccccc2)C1. The van der Waals surface area contributed by atoms with Crippen LogP contribution in [-0.4, -0.2) is 29.6 Å². The molecule has 1 aromatic rings. The lowest BCUT2D eigenvalue weighted by molar-refractivity contribution is -0.130. The Morgan fingerprint density at radius 1 is 1.44 bits per heavy atom. The van der Waals surface area contributed by atoms with Crippen molar-refractivity contribution < 1.29 is 4.79 Å². The van der Waals surface area contributed by atoms with E-state index in [4.69, 9.17) is 0 Å². The highest BCUT2D eigenvalue weighted by Gasteiger charge is 2.23. The topological polar surface area (TPSA) is 20.3 Å². The first-order valence-electron chi connectivity index (χ1n) is 5.75. The van der Waals surface area contributed by atoms with Crippen LogP contribution in [0.3, 0.4) is 0 Å². The van der Waals surface area contributed by atoms with Gasteiger partial charge in [0.15, 0.2) is 0 Å². The third-order valence-corrected chi connectivity index (χ3v) is 4.13. The molecule has 1 fully saturated rings. The zero-order valence-corrected chi connectivity index (χ0v) is 10.4. The maximum absolute atomic E-state index is 11.7. The van der Waals surface area contributed by atoms with Gasteiger partial charge in [-0.15, -0.1) is 0 Å². The molecule has 86 valence electrons. The molecule has 0 aliphatic carbocycles. The highest BCUT2D eigenvalue weighted by molar-refractivity contribution is 7.99. The van der Waals surface area contributed by atoms with E-state index in [9.17, 15) is 4.79 Å². The fourth-order valence-electron chi connectivity index (χ4n) is 1.97. The number of carbonyl (C=O) groups is 1. The molecule has 1 unspecified atom stereocenters. The summed E-state index contributed by atoms with van der Waals surface area (Å²) < 4.78 is 0. The molecule has 1 aliphatic heterocycles. The van der Waals surface area contributed by atoms with Gasteiger partial charge >= 0.3 is 0 Å². The average Bonchev–Trinajstić information content (AvgIpc) is 2.39. The number of rotatable bonds is 2. The molecule has 1 heterocycles. The Bertz CT molecular complexity index is 352. The van der Waals surface area contributed by atoms with Crippen LogP contribution in [0, 0.1) is 0 Å². The molecular formula is C13H17NOS. The van der Waals surface area contributed by atoms with Gasteiger partial charge in [0.25, 0.3) is 0 Å². The Hall–Kier alpha value is -0.960. The molecular weight excluding hydrogens is 218 g/mol. The second-order valence-electron chi connectivity index (χ2n) is 3.96. The predicted molar refractivity (Wildman–Crippen MR) is 68.5 cm³/mol. The molecule has 1 aromatic carbocycles. The predicted octanol–water partition coefficient (Wildman–Crippen LogP) is 2.71. The van der Waals surface area contributed by atoms with Gasteiger partial charge in [-0.05, 0) is 5.56 Å². The molecule has 3 heteroatoms. The van der Waals surface area contributed by atoms with Crippen molar-refractivity contribution in [2.24, 2.45) is 0 Å². The number of hydrogen-bond donors (Lipinski definition) is 0. The molecule has 0 saturated carbocycles. The zero-order chi connectivity index (χ0) is 11.4. The van der Waals surface area contributed by atoms with Crippen molar-refractivity contribution in [3.63, 3.8) is 0 Å². The van der Waals surface area contributed by atoms with Gasteiger partial charge in [-0.3, -0.25) is 4.79 Å². The van der Waals surface area contributed by atoms with Crippen molar-refractivity contribution in [1.29, 1.82) is 0 Å². The quantitative estimate of drug-likeness (QED) is 0.785. The minimum atomic E-state index is 0.279. The van der Waals surface area contributed by atoms with Crippen LogP contribution in [-0.2, 0) is 4.79 Å². The van der Waals surface area contributed by atoms with Crippen LogP contribution in [0.2, 0.25) is 0 Å². The van der Waals surface area contributed by atoms with Crippen molar-refractivity contribution >= 4 is 17.7 Å². The second-order valence-corrected chi connectivity index (χ2v) is 5.27. The molecule has 1 aliphatic rings. The molecule has 2 rings (SSSR count). The molecule has 0 spiro atoms. The van der Waals surface area contributed by atoms with Gasteiger partial charge in [-0.1, -0.05) is 37.3 Å². The molecule has 1 saturated heterocycles. The molecule has 16 heavy (non-hydrogen) atoms. The zero-order valence-electron chi connectivity index (χ0n) is 9.56. The molecule has 0 radical (unpaired) electrons. The number of hydrogen-bond acceptors (Lipinski definition) is 2. The third kappa shape index (κ3) is 2.59. The maximum Gasteiger partial charge on any atom is 0.222 e. The van der Waals surface area contributed by atoms with Crippen molar-refractivity contribution in [2.75, 3.05) is 18.8 Å². The van der Waals surface area contributed by atoms with Crippen LogP contribution in [0.1, 0.15) is 24.2 Å². The van der Waals surface area contributed by atoms with Gasteiger partial charge in [0.05, 0.1) is 0 Å². The van der Waals surface area contributed by atoms with E-state index in [2.05, 4.69) is 24.3 Å². The van der Waals surface area contributed by atoms with Crippen LogP contribution in [0.15, 0.2) is 30.3 Å². The Morgan fingerprint density at radius 3 is 2.88 bits per heavy atom. The summed E-state index contributed by atoms with van der Waals surface area (Å²) in [6, 6.07) is 10.5. The fraction of sp³-hybridized carbons (Fsp3) is 0.462. The third-order valence-electron chi connectivity index (χ3n) is 2.89. The average molecular weight is 235 g/mol. The van der Waals surface area contributed by atoms with Crippen molar-refractivity contribution in [2.45, 2.75) is 18.6 Å². The first-order chi connectivity index (χ1) is 7.81. The smallest absolute Gasteiger partial charge is 0.222 e. The summed E-state index contributed by atoms with van der Waals surface area (Å²) in [7, 11) is 0. The summed E-state index contributed by atoms with van der Waals surface area (Å²) in [5, 5.41) is 0.449. The molecule has 1 atom stereocenters. The standard InChI is InChI=1S/C13H17NOS/c1-2-13(15)14-8-9-16-12(10-14)11-6-4-3-5-7-11/h3-7,12H,2,8-10H2,1H3. The van der Waals surface area contributed by atoms with Crippen molar-refractivity contribution in [3.8, 4) is 0 Å². The first-order valence-corrected chi connectivity index (χ1v) is 6.80. The summed E-state index contributed by atoms with van der Waals surface area (Å²) in [6.45, 7) is 3.70. The van der Waals surface area contributed by atoms with Gasteiger partial charge in [-0.2, -0.15) is 11.8 Å². The van der Waals surface area contributed by atoms with E-state index in [0.29, 0.717) is 11.7 Å². The summed E-state index contributed by atoms with van der Waals surface area (Å²) in [5.41, 5.74) is 1.33.